The first kappa shape index (κ1) is 13.0. The Morgan fingerprint density at radius 3 is 2.61 bits per heavy atom. The third kappa shape index (κ3) is 2.38. The average molecular weight is 253 g/mol. The van der Waals surface area contributed by atoms with Crippen molar-refractivity contribution in [3.05, 3.63) is 35.1 Å². The lowest BCUT2D eigenvalue weighted by atomic mass is 9.99. The molecule has 0 unspecified atom stereocenters. The maximum atomic E-state index is 13.9. The molecule has 1 aromatic carbocycles. The van der Waals surface area contributed by atoms with E-state index in [0.717, 1.165) is 11.6 Å². The van der Waals surface area contributed by atoms with E-state index < -0.39 is 11.6 Å². The second-order valence-electron chi connectivity index (χ2n) is 4.89. The van der Waals surface area contributed by atoms with Crippen LogP contribution in [0, 0.1) is 17.6 Å². The summed E-state index contributed by atoms with van der Waals surface area (Å²) >= 11 is 0. The van der Waals surface area contributed by atoms with Crippen LogP contribution in [0.1, 0.15) is 25.2 Å². The summed E-state index contributed by atoms with van der Waals surface area (Å²) in [7, 11) is 1.79. The Kier molecular flexibility index (Phi) is 3.66. The van der Waals surface area contributed by atoms with Crippen molar-refractivity contribution in [1.29, 1.82) is 0 Å². The molecule has 0 saturated heterocycles. The summed E-state index contributed by atoms with van der Waals surface area (Å²) in [6.07, 6.45) is 0.715. The zero-order valence-corrected chi connectivity index (χ0v) is 10.8. The highest BCUT2D eigenvalue weighted by Gasteiger charge is 2.19. The molecule has 0 aliphatic rings. The lowest BCUT2D eigenvalue weighted by Crippen LogP contribution is -2.07. The minimum atomic E-state index is -0.610. The van der Waals surface area contributed by atoms with Crippen molar-refractivity contribution in [1.82, 2.24) is 5.32 Å². The quantitative estimate of drug-likeness (QED) is 0.900. The number of furan rings is 1. The van der Waals surface area contributed by atoms with Gasteiger partial charge < -0.3 is 9.73 Å². The summed E-state index contributed by atoms with van der Waals surface area (Å²) in [5.74, 6) is -0.0934. The van der Waals surface area contributed by atoms with Gasteiger partial charge in [-0.25, -0.2) is 8.78 Å². The first-order valence-corrected chi connectivity index (χ1v) is 6.06. The van der Waals surface area contributed by atoms with E-state index in [1.807, 2.05) is 0 Å². The summed E-state index contributed by atoms with van der Waals surface area (Å²) in [5.41, 5.74) is 1.13. The van der Waals surface area contributed by atoms with E-state index in [1.54, 1.807) is 7.05 Å². The summed E-state index contributed by atoms with van der Waals surface area (Å²) in [6, 6.07) is 2.15. The molecule has 1 N–H and O–H groups in total. The van der Waals surface area contributed by atoms with Gasteiger partial charge in [-0.2, -0.15) is 0 Å². The van der Waals surface area contributed by atoms with Gasteiger partial charge in [-0.15, -0.1) is 0 Å². The van der Waals surface area contributed by atoms with Gasteiger partial charge in [0, 0.05) is 17.7 Å². The van der Waals surface area contributed by atoms with Crippen LogP contribution >= 0.6 is 0 Å². The highest BCUT2D eigenvalue weighted by atomic mass is 19.1. The SMILES string of the molecule is CNCc1oc2cc(F)cc(F)c2c1CC(C)C. The normalized spacial score (nSPS) is 11.7. The van der Waals surface area contributed by atoms with Gasteiger partial charge in [0.2, 0.25) is 0 Å². The molecular weight excluding hydrogens is 236 g/mol. The molecule has 0 fully saturated rings. The molecule has 0 bridgehead atoms. The predicted octanol–water partition coefficient (Wildman–Crippen LogP) is 3.63. The summed E-state index contributed by atoms with van der Waals surface area (Å²) in [5, 5.41) is 3.40. The van der Waals surface area contributed by atoms with Gasteiger partial charge in [0.15, 0.2) is 0 Å². The molecule has 0 spiro atoms. The predicted molar refractivity (Wildman–Crippen MR) is 67.4 cm³/mol. The van der Waals surface area contributed by atoms with E-state index in [2.05, 4.69) is 19.2 Å². The first-order valence-electron chi connectivity index (χ1n) is 6.06. The van der Waals surface area contributed by atoms with Crippen LogP contribution in [0.15, 0.2) is 16.5 Å². The van der Waals surface area contributed by atoms with Gasteiger partial charge in [-0.05, 0) is 19.4 Å². The number of rotatable bonds is 4. The molecule has 18 heavy (non-hydrogen) atoms. The first-order chi connectivity index (χ1) is 8.52. The van der Waals surface area contributed by atoms with E-state index >= 15 is 0 Å². The maximum Gasteiger partial charge on any atom is 0.140 e. The number of hydrogen-bond donors (Lipinski definition) is 1. The minimum absolute atomic E-state index is 0.286. The van der Waals surface area contributed by atoms with Crippen LogP contribution in [0.5, 0.6) is 0 Å². The van der Waals surface area contributed by atoms with E-state index in [1.165, 1.54) is 6.07 Å². The largest absolute Gasteiger partial charge is 0.459 e. The summed E-state index contributed by atoms with van der Waals surface area (Å²) in [6.45, 7) is 4.63. The van der Waals surface area contributed by atoms with E-state index in [9.17, 15) is 8.78 Å². The minimum Gasteiger partial charge on any atom is -0.459 e. The van der Waals surface area contributed by atoms with Crippen molar-refractivity contribution < 1.29 is 13.2 Å². The fraction of sp³-hybridized carbons (Fsp3) is 0.429. The van der Waals surface area contributed by atoms with Crippen molar-refractivity contribution in [2.24, 2.45) is 5.92 Å². The Morgan fingerprint density at radius 2 is 2.00 bits per heavy atom. The van der Waals surface area contributed by atoms with Crippen molar-refractivity contribution in [2.45, 2.75) is 26.8 Å². The van der Waals surface area contributed by atoms with Crippen molar-refractivity contribution >= 4 is 11.0 Å². The molecular formula is C14H17F2NO. The van der Waals surface area contributed by atoms with Gasteiger partial charge in [0.05, 0.1) is 11.9 Å². The van der Waals surface area contributed by atoms with Gasteiger partial charge >= 0.3 is 0 Å². The Balaban J connectivity index is 2.64. The fourth-order valence-corrected chi connectivity index (χ4v) is 2.18. The molecule has 0 amide bonds. The van der Waals surface area contributed by atoms with Crippen LogP contribution in [-0.4, -0.2) is 7.05 Å². The van der Waals surface area contributed by atoms with Crippen molar-refractivity contribution in [2.75, 3.05) is 7.05 Å². The average Bonchev–Trinajstić information content (AvgIpc) is 2.56. The number of nitrogens with one attached hydrogen (secondary N) is 1. The Labute approximate surface area is 105 Å². The van der Waals surface area contributed by atoms with Crippen LogP contribution in [0.3, 0.4) is 0 Å². The molecule has 0 radical (unpaired) electrons. The fourth-order valence-electron chi connectivity index (χ4n) is 2.18. The Hall–Kier alpha value is -1.42. The number of hydrogen-bond acceptors (Lipinski definition) is 2. The standard InChI is InChI=1S/C14H17F2NO/c1-8(2)4-10-13(7-17-3)18-12-6-9(15)5-11(16)14(10)12/h5-6,8,17H,4,7H2,1-3H3. The van der Waals surface area contributed by atoms with E-state index in [-0.39, 0.29) is 5.58 Å². The molecule has 2 rings (SSSR count). The zero-order chi connectivity index (χ0) is 13.3. The molecule has 0 saturated carbocycles. The number of fused-ring (bicyclic) bond motifs is 1. The Morgan fingerprint density at radius 1 is 1.28 bits per heavy atom. The summed E-state index contributed by atoms with van der Waals surface area (Å²) < 4.78 is 32.6. The smallest absolute Gasteiger partial charge is 0.140 e. The molecule has 0 atom stereocenters. The third-order valence-corrected chi connectivity index (χ3v) is 2.84. The van der Waals surface area contributed by atoms with Crippen molar-refractivity contribution in [3.8, 4) is 0 Å². The maximum absolute atomic E-state index is 13.9. The summed E-state index contributed by atoms with van der Waals surface area (Å²) in [4.78, 5) is 0. The van der Waals surface area contributed by atoms with Crippen LogP contribution in [-0.2, 0) is 13.0 Å². The monoisotopic (exact) mass is 253 g/mol. The highest BCUT2D eigenvalue weighted by Crippen LogP contribution is 2.31. The van der Waals surface area contributed by atoms with Crippen LogP contribution in [0.25, 0.3) is 11.0 Å². The Bertz CT molecular complexity index is 560. The lowest BCUT2D eigenvalue weighted by molar-refractivity contribution is 0.513. The third-order valence-electron chi connectivity index (χ3n) is 2.84. The lowest BCUT2D eigenvalue weighted by Gasteiger charge is -2.06. The van der Waals surface area contributed by atoms with Crippen molar-refractivity contribution in [3.63, 3.8) is 0 Å². The molecule has 0 aliphatic carbocycles. The van der Waals surface area contributed by atoms with E-state index in [0.29, 0.717) is 30.0 Å². The van der Waals surface area contributed by atoms with Gasteiger partial charge in [0.1, 0.15) is 23.0 Å². The molecule has 0 aliphatic heterocycles. The molecule has 2 nitrogen and oxygen atoms in total. The number of halogens is 2. The van der Waals surface area contributed by atoms with Crippen LogP contribution in [0.2, 0.25) is 0 Å². The molecule has 1 aromatic heterocycles. The zero-order valence-electron chi connectivity index (χ0n) is 10.8. The molecule has 98 valence electrons. The second-order valence-corrected chi connectivity index (χ2v) is 4.89. The van der Waals surface area contributed by atoms with Crippen LogP contribution in [0.4, 0.5) is 8.78 Å². The van der Waals surface area contributed by atoms with Gasteiger partial charge in [0.25, 0.3) is 0 Å². The number of benzene rings is 1. The molecule has 4 heteroatoms. The molecule has 2 aromatic rings. The highest BCUT2D eigenvalue weighted by molar-refractivity contribution is 5.83. The second kappa shape index (κ2) is 5.06. The topological polar surface area (TPSA) is 25.2 Å². The van der Waals surface area contributed by atoms with Crippen LogP contribution < -0.4 is 5.32 Å². The van der Waals surface area contributed by atoms with Gasteiger partial charge in [-0.3, -0.25) is 0 Å². The molecule has 1 heterocycles. The van der Waals surface area contributed by atoms with E-state index in [4.69, 9.17) is 4.42 Å². The van der Waals surface area contributed by atoms with Gasteiger partial charge in [-0.1, -0.05) is 13.8 Å².